The first kappa shape index (κ1) is 22.9. The minimum Gasteiger partial charge on any atom is -0.497 e. The van der Waals surface area contributed by atoms with Gasteiger partial charge in [0.1, 0.15) is 11.4 Å². The van der Waals surface area contributed by atoms with E-state index in [4.69, 9.17) is 4.74 Å². The number of fused-ring (bicyclic) bond motifs is 1. The number of carbonyl (C=O) groups is 2. The van der Waals surface area contributed by atoms with E-state index in [1.54, 1.807) is 7.11 Å². The number of aromatic nitrogens is 1. The van der Waals surface area contributed by atoms with E-state index in [1.165, 1.54) is 5.56 Å². The zero-order valence-electron chi connectivity index (χ0n) is 19.5. The fraction of sp³-hybridized carbons (Fsp3) is 0.407. The van der Waals surface area contributed by atoms with Gasteiger partial charge in [-0.15, -0.1) is 0 Å². The molecule has 2 amide bonds. The topological polar surface area (TPSA) is 74.4 Å². The van der Waals surface area contributed by atoms with E-state index < -0.39 is 0 Å². The van der Waals surface area contributed by atoms with Crippen LogP contribution in [0.15, 0.2) is 54.6 Å². The Kier molecular flexibility index (Phi) is 7.33. The molecule has 0 bridgehead atoms. The molecule has 1 saturated heterocycles. The Hall–Kier alpha value is -3.28. The number of hydrogen-bond acceptors (Lipinski definition) is 3. The van der Waals surface area contributed by atoms with Crippen LogP contribution in [0.25, 0.3) is 10.9 Å². The number of likely N-dealkylation sites (tertiary alicyclic amines) is 1. The summed E-state index contributed by atoms with van der Waals surface area (Å²) in [7, 11) is 1.63. The number of ether oxygens (including phenoxy) is 1. The van der Waals surface area contributed by atoms with Crippen molar-refractivity contribution in [3.05, 3.63) is 65.9 Å². The lowest BCUT2D eigenvalue weighted by Crippen LogP contribution is -2.43. The SMILES string of the molecule is COc1ccc2cc(C(=O)N3CCC([C@@H](C)C(=O)NCCCc4ccccc4)CC3)[nH]c2c1. The molecule has 6 heteroatoms. The predicted molar refractivity (Wildman–Crippen MR) is 130 cm³/mol. The smallest absolute Gasteiger partial charge is 0.270 e. The van der Waals surface area contributed by atoms with Gasteiger partial charge in [0.25, 0.3) is 5.91 Å². The van der Waals surface area contributed by atoms with Gasteiger partial charge in [0.05, 0.1) is 7.11 Å². The molecule has 4 rings (SSSR count). The largest absolute Gasteiger partial charge is 0.497 e. The second-order valence-corrected chi connectivity index (χ2v) is 8.93. The van der Waals surface area contributed by atoms with Crippen molar-refractivity contribution in [3.8, 4) is 5.75 Å². The number of nitrogens with one attached hydrogen (secondary N) is 2. The Balaban J connectivity index is 1.23. The summed E-state index contributed by atoms with van der Waals surface area (Å²) in [4.78, 5) is 30.8. The Morgan fingerprint density at radius 1 is 1.12 bits per heavy atom. The summed E-state index contributed by atoms with van der Waals surface area (Å²) in [6.07, 6.45) is 3.60. The number of amides is 2. The molecule has 2 heterocycles. The molecule has 33 heavy (non-hydrogen) atoms. The lowest BCUT2D eigenvalue weighted by Gasteiger charge is -2.34. The van der Waals surface area contributed by atoms with E-state index >= 15 is 0 Å². The van der Waals surface area contributed by atoms with Crippen LogP contribution in [0.3, 0.4) is 0 Å². The molecule has 0 unspecified atom stereocenters. The van der Waals surface area contributed by atoms with Crippen LogP contribution < -0.4 is 10.1 Å². The first-order valence-corrected chi connectivity index (χ1v) is 11.8. The van der Waals surface area contributed by atoms with Crippen LogP contribution in [0, 0.1) is 11.8 Å². The van der Waals surface area contributed by atoms with Crippen molar-refractivity contribution in [2.24, 2.45) is 11.8 Å². The monoisotopic (exact) mass is 447 g/mol. The standard InChI is InChI=1S/C27H33N3O3/c1-19(26(31)28-14-6-9-20-7-4-3-5-8-20)21-12-15-30(16-13-21)27(32)25-17-22-10-11-23(33-2)18-24(22)29-25/h3-5,7-8,10-11,17-19,21,29H,6,9,12-16H2,1-2H3,(H,28,31)/t19-/m1/s1. The van der Waals surface area contributed by atoms with Crippen LogP contribution in [-0.2, 0) is 11.2 Å². The van der Waals surface area contributed by atoms with Gasteiger partial charge in [0, 0.05) is 42.5 Å². The highest BCUT2D eigenvalue weighted by molar-refractivity contribution is 5.98. The number of rotatable bonds is 8. The van der Waals surface area contributed by atoms with Crippen LogP contribution in [0.5, 0.6) is 5.75 Å². The Labute approximate surface area is 195 Å². The first-order valence-electron chi connectivity index (χ1n) is 11.8. The number of aryl methyl sites for hydroxylation is 1. The van der Waals surface area contributed by atoms with Crippen molar-refractivity contribution in [1.82, 2.24) is 15.2 Å². The molecule has 1 fully saturated rings. The summed E-state index contributed by atoms with van der Waals surface area (Å²) in [5.74, 6) is 1.16. The van der Waals surface area contributed by atoms with E-state index in [9.17, 15) is 9.59 Å². The number of benzene rings is 2. The van der Waals surface area contributed by atoms with Gasteiger partial charge in [0.2, 0.25) is 5.91 Å². The molecule has 174 valence electrons. The number of nitrogens with zero attached hydrogens (tertiary/aromatic N) is 1. The molecule has 0 saturated carbocycles. The van der Waals surface area contributed by atoms with Gasteiger partial charge in [-0.3, -0.25) is 9.59 Å². The molecule has 1 aliphatic heterocycles. The maximum Gasteiger partial charge on any atom is 0.270 e. The molecule has 6 nitrogen and oxygen atoms in total. The highest BCUT2D eigenvalue weighted by Crippen LogP contribution is 2.27. The molecule has 0 aliphatic carbocycles. The number of piperidine rings is 1. The van der Waals surface area contributed by atoms with Crippen molar-refractivity contribution >= 4 is 22.7 Å². The number of H-pyrrole nitrogens is 1. The average Bonchev–Trinajstić information content (AvgIpc) is 3.29. The molecular formula is C27H33N3O3. The first-order chi connectivity index (χ1) is 16.0. The summed E-state index contributed by atoms with van der Waals surface area (Å²) in [6, 6.07) is 18.0. The predicted octanol–water partition coefficient (Wildman–Crippen LogP) is 4.41. The molecule has 2 N–H and O–H groups in total. The fourth-order valence-corrected chi connectivity index (χ4v) is 4.65. The fourth-order valence-electron chi connectivity index (χ4n) is 4.65. The van der Waals surface area contributed by atoms with Crippen molar-refractivity contribution in [2.75, 3.05) is 26.7 Å². The molecule has 1 aliphatic rings. The number of methoxy groups -OCH3 is 1. The van der Waals surface area contributed by atoms with Gasteiger partial charge in [-0.2, -0.15) is 0 Å². The van der Waals surface area contributed by atoms with Gasteiger partial charge in [0.15, 0.2) is 0 Å². The number of carbonyl (C=O) groups excluding carboxylic acids is 2. The molecule has 3 aromatic rings. The third-order valence-corrected chi connectivity index (χ3v) is 6.79. The second-order valence-electron chi connectivity index (χ2n) is 8.93. The average molecular weight is 448 g/mol. The Morgan fingerprint density at radius 3 is 2.61 bits per heavy atom. The minimum atomic E-state index is -0.0421. The van der Waals surface area contributed by atoms with E-state index in [1.807, 2.05) is 54.3 Å². The summed E-state index contributed by atoms with van der Waals surface area (Å²) in [6.45, 7) is 4.06. The van der Waals surface area contributed by atoms with Gasteiger partial charge in [-0.25, -0.2) is 0 Å². The maximum atomic E-state index is 13.0. The maximum absolute atomic E-state index is 13.0. The van der Waals surface area contributed by atoms with Crippen molar-refractivity contribution in [2.45, 2.75) is 32.6 Å². The zero-order valence-corrected chi connectivity index (χ0v) is 19.5. The summed E-state index contributed by atoms with van der Waals surface area (Å²) in [5, 5.41) is 4.09. The summed E-state index contributed by atoms with van der Waals surface area (Å²) >= 11 is 0. The third kappa shape index (κ3) is 5.56. The van der Waals surface area contributed by atoms with E-state index in [-0.39, 0.29) is 17.7 Å². The molecular weight excluding hydrogens is 414 g/mol. The third-order valence-electron chi connectivity index (χ3n) is 6.79. The van der Waals surface area contributed by atoms with Crippen LogP contribution in [0.2, 0.25) is 0 Å². The lowest BCUT2D eigenvalue weighted by atomic mass is 9.84. The van der Waals surface area contributed by atoms with E-state index in [0.717, 1.165) is 42.3 Å². The molecule has 1 atom stereocenters. The molecule has 2 aromatic carbocycles. The summed E-state index contributed by atoms with van der Waals surface area (Å²) in [5.41, 5.74) is 2.79. The highest BCUT2D eigenvalue weighted by Gasteiger charge is 2.30. The zero-order chi connectivity index (χ0) is 23.2. The Morgan fingerprint density at radius 2 is 1.88 bits per heavy atom. The van der Waals surface area contributed by atoms with Gasteiger partial charge >= 0.3 is 0 Å². The molecule has 1 aromatic heterocycles. The van der Waals surface area contributed by atoms with Gasteiger partial charge in [-0.05, 0) is 55.4 Å². The van der Waals surface area contributed by atoms with Crippen molar-refractivity contribution in [3.63, 3.8) is 0 Å². The highest BCUT2D eigenvalue weighted by atomic mass is 16.5. The van der Waals surface area contributed by atoms with Crippen LogP contribution in [-0.4, -0.2) is 48.4 Å². The minimum absolute atomic E-state index is 0.0154. The van der Waals surface area contributed by atoms with Crippen LogP contribution >= 0.6 is 0 Å². The lowest BCUT2D eigenvalue weighted by molar-refractivity contribution is -0.126. The van der Waals surface area contributed by atoms with E-state index in [2.05, 4.69) is 22.4 Å². The Bertz CT molecular complexity index is 1080. The normalized spacial score (nSPS) is 15.4. The van der Waals surface area contributed by atoms with Crippen molar-refractivity contribution < 1.29 is 14.3 Å². The number of aromatic amines is 1. The molecule has 0 spiro atoms. The van der Waals surface area contributed by atoms with Gasteiger partial charge < -0.3 is 19.9 Å². The number of hydrogen-bond donors (Lipinski definition) is 2. The van der Waals surface area contributed by atoms with Gasteiger partial charge in [-0.1, -0.05) is 37.3 Å². The quantitative estimate of drug-likeness (QED) is 0.502. The van der Waals surface area contributed by atoms with Crippen molar-refractivity contribution in [1.29, 1.82) is 0 Å². The van der Waals surface area contributed by atoms with Crippen LogP contribution in [0.1, 0.15) is 42.2 Å². The van der Waals surface area contributed by atoms with E-state index in [0.29, 0.717) is 31.2 Å². The molecule has 0 radical (unpaired) electrons. The second kappa shape index (κ2) is 10.6. The van der Waals surface area contributed by atoms with Crippen LogP contribution in [0.4, 0.5) is 0 Å². The summed E-state index contributed by atoms with van der Waals surface area (Å²) < 4.78 is 5.26.